The Morgan fingerprint density at radius 1 is 1.08 bits per heavy atom. The van der Waals surface area contributed by atoms with E-state index in [0.29, 0.717) is 32.9 Å². The Balaban J connectivity index is 2.31. The Morgan fingerprint density at radius 2 is 1.76 bits per heavy atom. The van der Waals surface area contributed by atoms with Crippen LogP contribution >= 0.6 is 0 Å². The lowest BCUT2D eigenvalue weighted by atomic mass is 10.2. The molecule has 0 amide bonds. The number of ether oxygens (including phenoxy) is 2. The van der Waals surface area contributed by atoms with Gasteiger partial charge in [-0.15, -0.1) is 0 Å². The molecule has 0 saturated heterocycles. The zero-order chi connectivity index (χ0) is 18.3. The Hall–Kier alpha value is -1.66. The van der Waals surface area contributed by atoms with E-state index >= 15 is 0 Å². The van der Waals surface area contributed by atoms with E-state index in [1.807, 2.05) is 18.9 Å². The number of guanidine groups is 1. The van der Waals surface area contributed by atoms with E-state index in [4.69, 9.17) is 9.47 Å². The highest BCUT2D eigenvalue weighted by atomic mass is 19.1. The molecular weight excluding hydrogens is 321 g/mol. The van der Waals surface area contributed by atoms with E-state index in [1.54, 1.807) is 12.1 Å². The number of nitrogens with zero attached hydrogens (tertiary/aromatic N) is 2. The smallest absolute Gasteiger partial charge is 0.194 e. The van der Waals surface area contributed by atoms with E-state index in [0.717, 1.165) is 37.5 Å². The molecule has 0 aliphatic heterocycles. The predicted molar refractivity (Wildman–Crippen MR) is 100 cm³/mol. The lowest BCUT2D eigenvalue weighted by Crippen LogP contribution is -2.38. The Labute approximate surface area is 151 Å². The first-order chi connectivity index (χ1) is 12.2. The van der Waals surface area contributed by atoms with Crippen LogP contribution in [-0.2, 0) is 16.0 Å². The summed E-state index contributed by atoms with van der Waals surface area (Å²) in [5.41, 5.74) is 1.04. The highest BCUT2D eigenvalue weighted by Crippen LogP contribution is 2.05. The normalized spacial score (nSPS) is 11.6. The minimum absolute atomic E-state index is 0.220. The standard InChI is InChI=1S/C19H32FN3O2/c1-4-6-12-24-14-15-25-13-11-22-19(21-5-2)23(3)16-17-7-9-18(20)10-8-17/h7-10H,4-6,11-16H2,1-3H3,(H,21,22). The third kappa shape index (κ3) is 10.0. The van der Waals surface area contributed by atoms with Crippen LogP contribution in [0.5, 0.6) is 0 Å². The first-order valence-electron chi connectivity index (χ1n) is 9.06. The zero-order valence-electron chi connectivity index (χ0n) is 15.8. The maximum Gasteiger partial charge on any atom is 0.194 e. The highest BCUT2D eigenvalue weighted by molar-refractivity contribution is 5.79. The second-order valence-electron chi connectivity index (χ2n) is 5.80. The number of benzene rings is 1. The van der Waals surface area contributed by atoms with Crippen molar-refractivity contribution in [3.63, 3.8) is 0 Å². The summed E-state index contributed by atoms with van der Waals surface area (Å²) in [5, 5.41) is 3.26. The summed E-state index contributed by atoms with van der Waals surface area (Å²) in [6.45, 7) is 8.82. The number of rotatable bonds is 12. The first-order valence-corrected chi connectivity index (χ1v) is 9.06. The zero-order valence-corrected chi connectivity index (χ0v) is 15.8. The molecule has 0 saturated carbocycles. The lowest BCUT2D eigenvalue weighted by molar-refractivity contribution is 0.0497. The van der Waals surface area contributed by atoms with Gasteiger partial charge in [0.05, 0.1) is 26.4 Å². The molecule has 1 aromatic rings. The summed E-state index contributed by atoms with van der Waals surface area (Å²) in [7, 11) is 1.97. The molecule has 0 atom stereocenters. The quantitative estimate of drug-likeness (QED) is 0.356. The molecule has 0 radical (unpaired) electrons. The molecule has 0 aliphatic rings. The van der Waals surface area contributed by atoms with E-state index in [-0.39, 0.29) is 5.82 Å². The summed E-state index contributed by atoms with van der Waals surface area (Å²) < 4.78 is 24.0. The fourth-order valence-electron chi connectivity index (χ4n) is 2.19. The molecule has 0 bridgehead atoms. The molecule has 5 nitrogen and oxygen atoms in total. The van der Waals surface area contributed by atoms with Crippen molar-refractivity contribution in [3.05, 3.63) is 35.6 Å². The van der Waals surface area contributed by atoms with Gasteiger partial charge in [0, 0.05) is 26.7 Å². The molecular formula is C19H32FN3O2. The van der Waals surface area contributed by atoms with Crippen molar-refractivity contribution >= 4 is 5.96 Å². The summed E-state index contributed by atoms with van der Waals surface area (Å²) in [4.78, 5) is 6.58. The van der Waals surface area contributed by atoms with Crippen LogP contribution in [0.25, 0.3) is 0 Å². The van der Waals surface area contributed by atoms with Crippen LogP contribution in [0.3, 0.4) is 0 Å². The minimum Gasteiger partial charge on any atom is -0.379 e. The van der Waals surface area contributed by atoms with Gasteiger partial charge in [-0.1, -0.05) is 25.5 Å². The van der Waals surface area contributed by atoms with Gasteiger partial charge in [0.1, 0.15) is 5.82 Å². The average molecular weight is 353 g/mol. The number of aliphatic imine (C=N–C) groups is 1. The van der Waals surface area contributed by atoms with Crippen LogP contribution in [0.4, 0.5) is 4.39 Å². The van der Waals surface area contributed by atoms with Crippen molar-refractivity contribution in [3.8, 4) is 0 Å². The molecule has 142 valence electrons. The third-order valence-electron chi connectivity index (χ3n) is 3.54. The van der Waals surface area contributed by atoms with Gasteiger partial charge in [0.15, 0.2) is 5.96 Å². The average Bonchev–Trinajstić information content (AvgIpc) is 2.61. The van der Waals surface area contributed by atoms with Crippen LogP contribution in [0.15, 0.2) is 29.3 Å². The van der Waals surface area contributed by atoms with Crippen LogP contribution in [0.2, 0.25) is 0 Å². The van der Waals surface area contributed by atoms with Gasteiger partial charge in [-0.25, -0.2) is 4.39 Å². The molecule has 25 heavy (non-hydrogen) atoms. The SMILES string of the molecule is CCCCOCCOCCN=C(NCC)N(C)Cc1ccc(F)cc1. The van der Waals surface area contributed by atoms with Crippen molar-refractivity contribution in [2.75, 3.05) is 46.6 Å². The van der Waals surface area contributed by atoms with Gasteiger partial charge >= 0.3 is 0 Å². The summed E-state index contributed by atoms with van der Waals surface area (Å²) in [5.74, 6) is 0.595. The van der Waals surface area contributed by atoms with Crippen molar-refractivity contribution in [1.82, 2.24) is 10.2 Å². The van der Waals surface area contributed by atoms with Crippen molar-refractivity contribution in [1.29, 1.82) is 0 Å². The largest absolute Gasteiger partial charge is 0.379 e. The molecule has 6 heteroatoms. The number of hydrogen-bond acceptors (Lipinski definition) is 3. The maximum absolute atomic E-state index is 13.0. The summed E-state index contributed by atoms with van der Waals surface area (Å²) in [6, 6.07) is 6.53. The number of hydrogen-bond donors (Lipinski definition) is 1. The number of halogens is 1. The van der Waals surface area contributed by atoms with Crippen LogP contribution in [-0.4, -0.2) is 57.4 Å². The third-order valence-corrected chi connectivity index (χ3v) is 3.54. The van der Waals surface area contributed by atoms with Gasteiger partial charge in [-0.2, -0.15) is 0 Å². The second-order valence-corrected chi connectivity index (χ2v) is 5.80. The second kappa shape index (κ2) is 13.6. The van der Waals surface area contributed by atoms with E-state index < -0.39 is 0 Å². The Morgan fingerprint density at radius 3 is 2.40 bits per heavy atom. The van der Waals surface area contributed by atoms with E-state index in [2.05, 4.69) is 17.2 Å². The van der Waals surface area contributed by atoms with E-state index in [9.17, 15) is 4.39 Å². The molecule has 1 rings (SSSR count). The highest BCUT2D eigenvalue weighted by Gasteiger charge is 2.06. The molecule has 0 spiro atoms. The van der Waals surface area contributed by atoms with Gasteiger partial charge < -0.3 is 19.7 Å². The Kier molecular flexibility index (Phi) is 11.6. The van der Waals surface area contributed by atoms with Crippen molar-refractivity contribution in [2.45, 2.75) is 33.2 Å². The van der Waals surface area contributed by atoms with Gasteiger partial charge in [0.25, 0.3) is 0 Å². The molecule has 0 fully saturated rings. The Bertz CT molecular complexity index is 480. The molecule has 0 aliphatic carbocycles. The molecule has 0 heterocycles. The van der Waals surface area contributed by atoms with Gasteiger partial charge in [0.2, 0.25) is 0 Å². The minimum atomic E-state index is -0.220. The van der Waals surface area contributed by atoms with Crippen LogP contribution in [0, 0.1) is 5.82 Å². The van der Waals surface area contributed by atoms with E-state index in [1.165, 1.54) is 12.1 Å². The number of nitrogens with one attached hydrogen (secondary N) is 1. The van der Waals surface area contributed by atoms with Crippen LogP contribution in [0.1, 0.15) is 32.3 Å². The fraction of sp³-hybridized carbons (Fsp3) is 0.632. The fourth-order valence-corrected chi connectivity index (χ4v) is 2.19. The van der Waals surface area contributed by atoms with Crippen molar-refractivity contribution < 1.29 is 13.9 Å². The number of unbranched alkanes of at least 4 members (excludes halogenated alkanes) is 1. The maximum atomic E-state index is 13.0. The molecule has 0 unspecified atom stereocenters. The molecule has 1 aromatic carbocycles. The van der Waals surface area contributed by atoms with Crippen molar-refractivity contribution in [2.24, 2.45) is 4.99 Å². The first kappa shape index (κ1) is 21.4. The lowest BCUT2D eigenvalue weighted by Gasteiger charge is -2.22. The monoisotopic (exact) mass is 353 g/mol. The summed E-state index contributed by atoms with van der Waals surface area (Å²) >= 11 is 0. The topological polar surface area (TPSA) is 46.1 Å². The molecule has 1 N–H and O–H groups in total. The van der Waals surface area contributed by atoms with Crippen LogP contribution < -0.4 is 5.32 Å². The predicted octanol–water partition coefficient (Wildman–Crippen LogP) is 3.06. The van der Waals surface area contributed by atoms with Gasteiger partial charge in [-0.05, 0) is 31.0 Å². The summed E-state index contributed by atoms with van der Waals surface area (Å²) in [6.07, 6.45) is 2.24. The molecule has 0 aromatic heterocycles. The van der Waals surface area contributed by atoms with Gasteiger partial charge in [-0.3, -0.25) is 4.99 Å².